The molecule has 0 spiro atoms. The summed E-state index contributed by atoms with van der Waals surface area (Å²) in [6.45, 7) is 4.42. The average molecular weight is 372 g/mol. The molecule has 2 heterocycles. The molecule has 2 aliphatic carbocycles. The Hall–Kier alpha value is -2.95. The van der Waals surface area contributed by atoms with E-state index < -0.39 is 0 Å². The Kier molecular flexibility index (Phi) is 3.86. The van der Waals surface area contributed by atoms with E-state index in [2.05, 4.69) is 42.3 Å². The van der Waals surface area contributed by atoms with Gasteiger partial charge in [0.25, 0.3) is 0 Å². The van der Waals surface area contributed by atoms with Gasteiger partial charge in [0, 0.05) is 23.1 Å². The van der Waals surface area contributed by atoms with Crippen LogP contribution in [0, 0.1) is 12.8 Å². The average Bonchev–Trinajstić information content (AvgIpc) is 3.45. The SMILES string of the molecule is Cc1ccc2c(c1-c1cc3cc(NC(=O)C4CC4)ncc3c(N)n1)CCC2C. The molecule has 2 aliphatic rings. The van der Waals surface area contributed by atoms with Crippen molar-refractivity contribution in [2.24, 2.45) is 5.92 Å². The first kappa shape index (κ1) is 17.2. The fourth-order valence-electron chi connectivity index (χ4n) is 4.33. The fourth-order valence-corrected chi connectivity index (χ4v) is 4.33. The van der Waals surface area contributed by atoms with Crippen molar-refractivity contribution >= 4 is 28.3 Å². The lowest BCUT2D eigenvalue weighted by Gasteiger charge is -2.15. The normalized spacial score (nSPS) is 18.3. The van der Waals surface area contributed by atoms with E-state index in [-0.39, 0.29) is 11.8 Å². The number of aromatic nitrogens is 2. The van der Waals surface area contributed by atoms with Gasteiger partial charge >= 0.3 is 0 Å². The van der Waals surface area contributed by atoms with E-state index in [1.165, 1.54) is 28.7 Å². The van der Waals surface area contributed by atoms with Crippen LogP contribution in [0.2, 0.25) is 0 Å². The number of aryl methyl sites for hydroxylation is 1. The van der Waals surface area contributed by atoms with Gasteiger partial charge in [-0.1, -0.05) is 19.1 Å². The Morgan fingerprint density at radius 3 is 2.82 bits per heavy atom. The van der Waals surface area contributed by atoms with Crippen LogP contribution in [0.1, 0.15) is 48.8 Å². The maximum Gasteiger partial charge on any atom is 0.228 e. The minimum atomic E-state index is 0.0554. The van der Waals surface area contributed by atoms with Crippen molar-refractivity contribution in [1.82, 2.24) is 9.97 Å². The number of nitrogens with zero attached hydrogens (tertiary/aromatic N) is 2. The molecule has 28 heavy (non-hydrogen) atoms. The lowest BCUT2D eigenvalue weighted by molar-refractivity contribution is -0.117. The van der Waals surface area contributed by atoms with Crippen LogP contribution in [0.15, 0.2) is 30.5 Å². The summed E-state index contributed by atoms with van der Waals surface area (Å²) < 4.78 is 0. The van der Waals surface area contributed by atoms with Crippen LogP contribution in [-0.4, -0.2) is 15.9 Å². The second kappa shape index (κ2) is 6.30. The van der Waals surface area contributed by atoms with E-state index in [1.54, 1.807) is 6.20 Å². The number of nitrogens with two attached hydrogens (primary N) is 1. The summed E-state index contributed by atoms with van der Waals surface area (Å²) in [4.78, 5) is 21.1. The molecule has 1 aromatic carbocycles. The molecule has 5 rings (SSSR count). The highest BCUT2D eigenvalue weighted by Crippen LogP contribution is 2.41. The van der Waals surface area contributed by atoms with Gasteiger partial charge in [-0.05, 0) is 72.7 Å². The number of carbonyl (C=O) groups is 1. The second-order valence-electron chi connectivity index (χ2n) is 8.21. The van der Waals surface area contributed by atoms with Crippen LogP contribution in [-0.2, 0) is 11.2 Å². The number of rotatable bonds is 3. The van der Waals surface area contributed by atoms with Crippen molar-refractivity contribution in [3.8, 4) is 11.3 Å². The first-order chi connectivity index (χ1) is 13.5. The number of amides is 1. The number of nitrogens with one attached hydrogen (secondary N) is 1. The molecule has 1 atom stereocenters. The zero-order valence-corrected chi connectivity index (χ0v) is 16.2. The number of hydrogen-bond donors (Lipinski definition) is 2. The summed E-state index contributed by atoms with van der Waals surface area (Å²) in [7, 11) is 0. The van der Waals surface area contributed by atoms with Crippen molar-refractivity contribution in [3.63, 3.8) is 0 Å². The number of hydrogen-bond acceptors (Lipinski definition) is 4. The van der Waals surface area contributed by atoms with Crippen molar-refractivity contribution in [3.05, 3.63) is 47.2 Å². The Bertz CT molecular complexity index is 1120. The van der Waals surface area contributed by atoms with Gasteiger partial charge < -0.3 is 11.1 Å². The summed E-state index contributed by atoms with van der Waals surface area (Å²) in [5.41, 5.74) is 12.4. The predicted octanol–water partition coefficient (Wildman–Crippen LogP) is 4.59. The lowest BCUT2D eigenvalue weighted by Crippen LogP contribution is -2.14. The third-order valence-corrected chi connectivity index (χ3v) is 6.12. The Morgan fingerprint density at radius 2 is 2.04 bits per heavy atom. The van der Waals surface area contributed by atoms with Gasteiger partial charge in [0.05, 0.1) is 5.69 Å². The molecular formula is C23H24N4O. The summed E-state index contributed by atoms with van der Waals surface area (Å²) in [6, 6.07) is 8.42. The number of benzene rings is 1. The number of fused-ring (bicyclic) bond motifs is 2. The van der Waals surface area contributed by atoms with Gasteiger partial charge in [0.1, 0.15) is 11.6 Å². The maximum absolute atomic E-state index is 12.1. The van der Waals surface area contributed by atoms with E-state index >= 15 is 0 Å². The van der Waals surface area contributed by atoms with Crippen molar-refractivity contribution in [2.45, 2.75) is 45.4 Å². The number of anilines is 2. The van der Waals surface area contributed by atoms with E-state index in [9.17, 15) is 4.79 Å². The van der Waals surface area contributed by atoms with Crippen LogP contribution < -0.4 is 11.1 Å². The molecule has 1 fully saturated rings. The summed E-state index contributed by atoms with van der Waals surface area (Å²) in [5, 5.41) is 4.68. The largest absolute Gasteiger partial charge is 0.383 e. The molecule has 0 aliphatic heterocycles. The molecule has 2 aromatic heterocycles. The summed E-state index contributed by atoms with van der Waals surface area (Å²) in [6.07, 6.45) is 5.89. The Labute approximate surface area is 164 Å². The van der Waals surface area contributed by atoms with E-state index in [0.717, 1.165) is 35.7 Å². The highest BCUT2D eigenvalue weighted by atomic mass is 16.2. The highest BCUT2D eigenvalue weighted by Gasteiger charge is 2.30. The molecule has 1 unspecified atom stereocenters. The first-order valence-corrected chi connectivity index (χ1v) is 10.0. The van der Waals surface area contributed by atoms with Crippen molar-refractivity contribution in [2.75, 3.05) is 11.1 Å². The molecule has 0 bridgehead atoms. The molecule has 3 aromatic rings. The third-order valence-electron chi connectivity index (χ3n) is 6.12. The van der Waals surface area contributed by atoms with Gasteiger partial charge in [0.15, 0.2) is 0 Å². The zero-order chi connectivity index (χ0) is 19.4. The molecule has 0 saturated heterocycles. The topological polar surface area (TPSA) is 80.9 Å². The predicted molar refractivity (Wildman–Crippen MR) is 112 cm³/mol. The van der Waals surface area contributed by atoms with Gasteiger partial charge in [-0.25, -0.2) is 9.97 Å². The van der Waals surface area contributed by atoms with Crippen LogP contribution in [0.25, 0.3) is 22.0 Å². The Morgan fingerprint density at radius 1 is 1.21 bits per heavy atom. The minimum Gasteiger partial charge on any atom is -0.383 e. The van der Waals surface area contributed by atoms with Gasteiger partial charge in [-0.2, -0.15) is 0 Å². The highest BCUT2D eigenvalue weighted by molar-refractivity contribution is 5.98. The Balaban J connectivity index is 1.62. The molecule has 3 N–H and O–H groups in total. The molecule has 5 nitrogen and oxygen atoms in total. The molecule has 1 amide bonds. The molecule has 1 saturated carbocycles. The molecule has 0 radical (unpaired) electrons. The minimum absolute atomic E-state index is 0.0554. The monoisotopic (exact) mass is 372 g/mol. The van der Waals surface area contributed by atoms with Gasteiger partial charge in [0.2, 0.25) is 5.91 Å². The van der Waals surface area contributed by atoms with Crippen LogP contribution in [0.5, 0.6) is 0 Å². The maximum atomic E-state index is 12.1. The number of pyridine rings is 2. The standard InChI is InChI=1S/C23H24N4O/c1-12-3-8-17-16(12)7-4-13(2)21(17)19-9-15-10-20(27-23(28)14-5-6-14)25-11-18(15)22(24)26-19/h4,7,9-12,14H,3,5-6,8H2,1-2H3,(H2,24,26)(H,25,27,28). The molecule has 5 heteroatoms. The van der Waals surface area contributed by atoms with E-state index in [4.69, 9.17) is 10.7 Å². The quantitative estimate of drug-likeness (QED) is 0.705. The number of carbonyl (C=O) groups excluding carboxylic acids is 1. The van der Waals surface area contributed by atoms with E-state index in [0.29, 0.717) is 17.6 Å². The lowest BCUT2D eigenvalue weighted by atomic mass is 9.93. The second-order valence-corrected chi connectivity index (χ2v) is 8.21. The summed E-state index contributed by atoms with van der Waals surface area (Å²) in [5.74, 6) is 1.83. The smallest absolute Gasteiger partial charge is 0.228 e. The van der Waals surface area contributed by atoms with Gasteiger partial charge in [-0.15, -0.1) is 0 Å². The van der Waals surface area contributed by atoms with Gasteiger partial charge in [-0.3, -0.25) is 4.79 Å². The fraction of sp³-hybridized carbons (Fsp3) is 0.348. The van der Waals surface area contributed by atoms with Crippen LogP contribution in [0.4, 0.5) is 11.6 Å². The van der Waals surface area contributed by atoms with Crippen molar-refractivity contribution < 1.29 is 4.79 Å². The first-order valence-electron chi connectivity index (χ1n) is 10.0. The van der Waals surface area contributed by atoms with Crippen LogP contribution >= 0.6 is 0 Å². The third kappa shape index (κ3) is 2.82. The zero-order valence-electron chi connectivity index (χ0n) is 16.2. The van der Waals surface area contributed by atoms with Crippen molar-refractivity contribution in [1.29, 1.82) is 0 Å². The molecular weight excluding hydrogens is 348 g/mol. The van der Waals surface area contributed by atoms with E-state index in [1.807, 2.05) is 6.07 Å². The summed E-state index contributed by atoms with van der Waals surface area (Å²) >= 11 is 0. The van der Waals surface area contributed by atoms with Crippen LogP contribution in [0.3, 0.4) is 0 Å². The number of nitrogen functional groups attached to an aromatic ring is 1. The molecule has 142 valence electrons.